The van der Waals surface area contributed by atoms with Gasteiger partial charge in [-0.1, -0.05) is 60.1 Å². The summed E-state index contributed by atoms with van der Waals surface area (Å²) < 4.78 is 1.44. The highest BCUT2D eigenvalue weighted by atomic mass is 35.5. The summed E-state index contributed by atoms with van der Waals surface area (Å²) in [6.07, 6.45) is 0. The summed E-state index contributed by atoms with van der Waals surface area (Å²) in [4.78, 5) is 29.4. The normalized spacial score (nSPS) is 14.4. The summed E-state index contributed by atoms with van der Waals surface area (Å²) in [5.74, 6) is 0. The Morgan fingerprint density at radius 1 is 0.853 bits per heavy atom. The minimum Gasteiger partial charge on any atom is -0.363 e. The number of para-hydroxylation sites is 2. The number of fused-ring (bicyclic) bond motifs is 1. The van der Waals surface area contributed by atoms with Crippen molar-refractivity contribution in [3.8, 4) is 5.69 Å². The number of nitrogens with zero attached hydrogens (tertiary/aromatic N) is 4. The zero-order chi connectivity index (χ0) is 23.7. The predicted molar refractivity (Wildman–Crippen MR) is 135 cm³/mol. The molecule has 0 aliphatic carbocycles. The minimum absolute atomic E-state index is 0.381. The molecular weight excluding hydrogens is 452 g/mol. The number of benzene rings is 3. The smallest absolute Gasteiger partial charge is 0.358 e. The fraction of sp³-hybridized carbons (Fsp3) is 0.192. The number of hydrogen-bond acceptors (Lipinski definition) is 5. The predicted octanol–water partition coefficient (Wildman–Crippen LogP) is 4.87. The highest BCUT2D eigenvalue weighted by Gasteiger charge is 2.31. The molecule has 0 atom stereocenters. The first-order chi connectivity index (χ1) is 16.5. The van der Waals surface area contributed by atoms with Crippen LogP contribution in [0.4, 0.5) is 11.4 Å². The standard InChI is InChI=1S/C26H23ClN4O3/c27-20-12-10-19(11-13-20)18-28-14-16-29(17-15-28)24-22-8-4-5-9-23(22)30(21-6-2-1-3-7-21)26(32)25(24)31(33)34/h1-13H,14-18H2. The van der Waals surface area contributed by atoms with Crippen molar-refractivity contribution in [3.63, 3.8) is 0 Å². The highest BCUT2D eigenvalue weighted by Crippen LogP contribution is 2.35. The molecule has 0 N–H and O–H groups in total. The lowest BCUT2D eigenvalue weighted by Crippen LogP contribution is -2.46. The Morgan fingerprint density at radius 2 is 1.50 bits per heavy atom. The van der Waals surface area contributed by atoms with Gasteiger partial charge in [-0.25, -0.2) is 0 Å². The lowest BCUT2D eigenvalue weighted by Gasteiger charge is -2.36. The molecule has 3 aromatic carbocycles. The fourth-order valence-corrected chi connectivity index (χ4v) is 4.73. The summed E-state index contributed by atoms with van der Waals surface area (Å²) in [5.41, 5.74) is 1.83. The molecule has 0 saturated carbocycles. The van der Waals surface area contributed by atoms with Gasteiger partial charge in [0.25, 0.3) is 0 Å². The van der Waals surface area contributed by atoms with Crippen molar-refractivity contribution in [1.29, 1.82) is 0 Å². The lowest BCUT2D eigenvalue weighted by molar-refractivity contribution is -0.385. The Kier molecular flexibility index (Phi) is 6.04. The van der Waals surface area contributed by atoms with Crippen LogP contribution in [0.15, 0.2) is 83.7 Å². The molecule has 1 fully saturated rings. The van der Waals surface area contributed by atoms with Crippen molar-refractivity contribution in [1.82, 2.24) is 9.47 Å². The van der Waals surface area contributed by atoms with Crippen LogP contribution in [-0.2, 0) is 6.54 Å². The van der Waals surface area contributed by atoms with Gasteiger partial charge in [-0.2, -0.15) is 0 Å². The Morgan fingerprint density at radius 3 is 2.18 bits per heavy atom. The first-order valence-corrected chi connectivity index (χ1v) is 11.5. The molecule has 172 valence electrons. The molecule has 0 spiro atoms. The van der Waals surface area contributed by atoms with Crippen LogP contribution in [0, 0.1) is 10.1 Å². The average molecular weight is 475 g/mol. The van der Waals surface area contributed by atoms with E-state index in [-0.39, 0.29) is 5.69 Å². The number of aromatic nitrogens is 1. The third-order valence-corrected chi connectivity index (χ3v) is 6.49. The van der Waals surface area contributed by atoms with Gasteiger partial charge in [0.15, 0.2) is 0 Å². The first kappa shape index (κ1) is 22.1. The number of nitro groups is 1. The van der Waals surface area contributed by atoms with Gasteiger partial charge >= 0.3 is 11.2 Å². The maximum absolute atomic E-state index is 13.5. The monoisotopic (exact) mass is 474 g/mol. The van der Waals surface area contributed by atoms with Gasteiger partial charge in [-0.3, -0.25) is 24.4 Å². The van der Waals surface area contributed by atoms with E-state index in [1.807, 2.05) is 71.6 Å². The van der Waals surface area contributed by atoms with Crippen LogP contribution < -0.4 is 10.5 Å². The van der Waals surface area contributed by atoms with Gasteiger partial charge in [0.1, 0.15) is 5.69 Å². The summed E-state index contributed by atoms with van der Waals surface area (Å²) in [6.45, 7) is 3.43. The molecule has 1 aliphatic rings. The molecule has 1 aliphatic heterocycles. The molecule has 1 aromatic heterocycles. The molecule has 0 radical (unpaired) electrons. The fourth-order valence-electron chi connectivity index (χ4n) is 4.61. The van der Waals surface area contributed by atoms with Gasteiger partial charge < -0.3 is 4.90 Å². The van der Waals surface area contributed by atoms with Gasteiger partial charge in [0, 0.05) is 48.8 Å². The number of pyridine rings is 1. The van der Waals surface area contributed by atoms with Crippen molar-refractivity contribution in [2.45, 2.75) is 6.54 Å². The second kappa shape index (κ2) is 9.29. The second-order valence-electron chi connectivity index (χ2n) is 8.34. The quantitative estimate of drug-likeness (QED) is 0.304. The van der Waals surface area contributed by atoms with E-state index >= 15 is 0 Å². The maximum atomic E-state index is 13.5. The molecular formula is C26H23ClN4O3. The largest absolute Gasteiger partial charge is 0.363 e. The summed E-state index contributed by atoms with van der Waals surface area (Å²) in [7, 11) is 0. The minimum atomic E-state index is -0.617. The molecule has 0 bridgehead atoms. The van der Waals surface area contributed by atoms with Crippen LogP contribution >= 0.6 is 11.6 Å². The number of piperazine rings is 1. The number of hydrogen-bond donors (Lipinski definition) is 0. The van der Waals surface area contributed by atoms with Gasteiger partial charge in [-0.05, 0) is 35.9 Å². The molecule has 5 rings (SSSR count). The van der Waals surface area contributed by atoms with E-state index in [9.17, 15) is 14.9 Å². The van der Waals surface area contributed by atoms with Crippen LogP contribution in [0.3, 0.4) is 0 Å². The molecule has 1 saturated heterocycles. The lowest BCUT2D eigenvalue weighted by atomic mass is 10.1. The zero-order valence-corrected chi connectivity index (χ0v) is 19.2. The van der Waals surface area contributed by atoms with Crippen molar-refractivity contribution in [3.05, 3.63) is 110 Å². The van der Waals surface area contributed by atoms with E-state index in [1.54, 1.807) is 12.1 Å². The molecule has 0 amide bonds. The molecule has 4 aromatic rings. The van der Waals surface area contributed by atoms with Crippen LogP contribution in [0.2, 0.25) is 5.02 Å². The topological polar surface area (TPSA) is 71.6 Å². The molecule has 7 nitrogen and oxygen atoms in total. The average Bonchev–Trinajstić information content (AvgIpc) is 2.85. The Balaban J connectivity index is 1.53. The van der Waals surface area contributed by atoms with Crippen molar-refractivity contribution in [2.24, 2.45) is 0 Å². The molecule has 8 heteroatoms. The molecule has 34 heavy (non-hydrogen) atoms. The van der Waals surface area contributed by atoms with Crippen LogP contribution in [0.5, 0.6) is 0 Å². The van der Waals surface area contributed by atoms with Gasteiger partial charge in [0.05, 0.1) is 10.4 Å². The van der Waals surface area contributed by atoms with Crippen LogP contribution in [0.25, 0.3) is 16.6 Å². The molecule has 2 heterocycles. The van der Waals surface area contributed by atoms with Gasteiger partial charge in [0.2, 0.25) is 0 Å². The van der Waals surface area contributed by atoms with Crippen molar-refractivity contribution in [2.75, 3.05) is 31.1 Å². The Labute approximate surface area is 201 Å². The first-order valence-electron chi connectivity index (χ1n) is 11.1. The third-order valence-electron chi connectivity index (χ3n) is 6.23. The summed E-state index contributed by atoms with van der Waals surface area (Å²) in [6, 6.07) is 24.2. The van der Waals surface area contributed by atoms with E-state index in [0.29, 0.717) is 40.4 Å². The summed E-state index contributed by atoms with van der Waals surface area (Å²) >= 11 is 5.99. The SMILES string of the molecule is O=c1c([N+](=O)[O-])c(N2CCN(Cc3ccc(Cl)cc3)CC2)c2ccccc2n1-c1ccccc1. The maximum Gasteiger partial charge on any atom is 0.358 e. The third kappa shape index (κ3) is 4.16. The number of anilines is 1. The molecule has 0 unspecified atom stereocenters. The van der Waals surface area contributed by atoms with E-state index in [4.69, 9.17) is 11.6 Å². The van der Waals surface area contributed by atoms with E-state index in [2.05, 4.69) is 4.90 Å². The number of halogens is 1. The van der Waals surface area contributed by atoms with Crippen molar-refractivity contribution < 1.29 is 4.92 Å². The van der Waals surface area contributed by atoms with E-state index in [0.717, 1.165) is 19.6 Å². The highest BCUT2D eigenvalue weighted by molar-refractivity contribution is 6.30. The number of rotatable bonds is 5. The zero-order valence-electron chi connectivity index (χ0n) is 18.4. The van der Waals surface area contributed by atoms with Crippen molar-refractivity contribution >= 4 is 33.9 Å². The van der Waals surface area contributed by atoms with E-state index in [1.165, 1.54) is 10.1 Å². The Hall–Kier alpha value is -3.68. The van der Waals surface area contributed by atoms with Crippen LogP contribution in [-0.4, -0.2) is 40.6 Å². The van der Waals surface area contributed by atoms with Gasteiger partial charge in [-0.15, -0.1) is 0 Å². The van der Waals surface area contributed by atoms with E-state index < -0.39 is 10.5 Å². The summed E-state index contributed by atoms with van der Waals surface area (Å²) in [5, 5.41) is 13.6. The second-order valence-corrected chi connectivity index (χ2v) is 8.77. The van der Waals surface area contributed by atoms with Crippen LogP contribution in [0.1, 0.15) is 5.56 Å². The Bertz CT molecular complexity index is 1400.